The number of hydrogen-bond acceptors (Lipinski definition) is 2. The van der Waals surface area contributed by atoms with E-state index in [0.717, 1.165) is 19.4 Å². The Hall–Kier alpha value is -1.35. The van der Waals surface area contributed by atoms with E-state index in [9.17, 15) is 4.79 Å². The van der Waals surface area contributed by atoms with Crippen molar-refractivity contribution in [1.29, 1.82) is 0 Å². The third-order valence-corrected chi connectivity index (χ3v) is 4.78. The Kier molecular flexibility index (Phi) is 4.59. The zero-order chi connectivity index (χ0) is 14.7. The van der Waals surface area contributed by atoms with E-state index in [2.05, 4.69) is 31.2 Å². The van der Waals surface area contributed by atoms with E-state index < -0.39 is 0 Å². The summed E-state index contributed by atoms with van der Waals surface area (Å²) < 4.78 is 5.88. The zero-order valence-corrected chi connectivity index (χ0v) is 12.9. The Balaban J connectivity index is 1.64. The van der Waals surface area contributed by atoms with Crippen LogP contribution in [0.2, 0.25) is 0 Å². The quantitative estimate of drug-likeness (QED) is 0.833. The number of ether oxygens (including phenoxy) is 1. The number of nitrogens with zero attached hydrogens (tertiary/aromatic N) is 1. The van der Waals surface area contributed by atoms with Crippen LogP contribution in [0.4, 0.5) is 0 Å². The molecule has 3 heteroatoms. The minimum Gasteiger partial charge on any atom is -0.370 e. The summed E-state index contributed by atoms with van der Waals surface area (Å²) in [5.41, 5.74) is 2.44. The first-order chi connectivity index (χ1) is 10.2. The van der Waals surface area contributed by atoms with E-state index in [4.69, 9.17) is 4.74 Å². The highest BCUT2D eigenvalue weighted by atomic mass is 16.5. The lowest BCUT2D eigenvalue weighted by molar-refractivity contribution is -0.144. The fourth-order valence-electron chi connectivity index (χ4n) is 3.44. The number of aryl methyl sites for hydroxylation is 1. The van der Waals surface area contributed by atoms with Crippen molar-refractivity contribution in [3.05, 3.63) is 35.4 Å². The van der Waals surface area contributed by atoms with Crippen LogP contribution in [0.15, 0.2) is 24.3 Å². The predicted octanol–water partition coefficient (Wildman–Crippen LogP) is 3.48. The summed E-state index contributed by atoms with van der Waals surface area (Å²) in [7, 11) is 0. The van der Waals surface area contributed by atoms with E-state index in [1.54, 1.807) is 0 Å². The first-order valence-electron chi connectivity index (χ1n) is 8.21. The minimum absolute atomic E-state index is 0.0342. The lowest BCUT2D eigenvalue weighted by Crippen LogP contribution is -2.45. The molecule has 1 amide bonds. The zero-order valence-electron chi connectivity index (χ0n) is 12.9. The number of benzene rings is 1. The summed E-state index contributed by atoms with van der Waals surface area (Å²) in [6.07, 6.45) is 5.90. The number of carbonyl (C=O) groups is 1. The fourth-order valence-corrected chi connectivity index (χ4v) is 3.44. The van der Waals surface area contributed by atoms with E-state index in [1.807, 2.05) is 4.90 Å². The van der Waals surface area contributed by atoms with E-state index in [1.165, 1.54) is 30.4 Å². The van der Waals surface area contributed by atoms with Gasteiger partial charge in [-0.2, -0.15) is 0 Å². The second-order valence-corrected chi connectivity index (χ2v) is 6.39. The Morgan fingerprint density at radius 1 is 1.14 bits per heavy atom. The molecule has 0 aromatic heterocycles. The van der Waals surface area contributed by atoms with Crippen molar-refractivity contribution in [3.8, 4) is 0 Å². The van der Waals surface area contributed by atoms with Crippen LogP contribution in [0, 0.1) is 12.8 Å². The molecule has 1 unspecified atom stereocenters. The molecule has 2 aliphatic rings. The van der Waals surface area contributed by atoms with Crippen molar-refractivity contribution >= 4 is 5.91 Å². The van der Waals surface area contributed by atoms with Gasteiger partial charge >= 0.3 is 0 Å². The third-order valence-electron chi connectivity index (χ3n) is 4.78. The average molecular weight is 287 g/mol. The molecule has 1 heterocycles. The lowest BCUT2D eigenvalue weighted by Gasteiger charge is -2.36. The number of amides is 1. The topological polar surface area (TPSA) is 29.5 Å². The number of hydrogen-bond donors (Lipinski definition) is 0. The molecule has 21 heavy (non-hydrogen) atoms. The van der Waals surface area contributed by atoms with Gasteiger partial charge < -0.3 is 9.64 Å². The monoisotopic (exact) mass is 287 g/mol. The molecular formula is C18H25NO2. The summed E-state index contributed by atoms with van der Waals surface area (Å²) in [4.78, 5) is 14.7. The van der Waals surface area contributed by atoms with E-state index in [-0.39, 0.29) is 12.0 Å². The van der Waals surface area contributed by atoms with Gasteiger partial charge in [-0.1, -0.05) is 49.1 Å². The third kappa shape index (κ3) is 3.46. The van der Waals surface area contributed by atoms with Gasteiger partial charge in [0.15, 0.2) is 0 Å². The molecule has 3 nitrogen and oxygen atoms in total. The number of carbonyl (C=O) groups excluding carboxylic acids is 1. The van der Waals surface area contributed by atoms with Crippen molar-refractivity contribution < 1.29 is 9.53 Å². The van der Waals surface area contributed by atoms with Gasteiger partial charge in [0.05, 0.1) is 13.2 Å². The van der Waals surface area contributed by atoms with Crippen LogP contribution < -0.4 is 0 Å². The molecule has 1 aliphatic heterocycles. The molecule has 2 fully saturated rings. The normalized spacial score (nSPS) is 24.0. The van der Waals surface area contributed by atoms with Gasteiger partial charge in [0.25, 0.3) is 0 Å². The summed E-state index contributed by atoms with van der Waals surface area (Å²) in [5.74, 6) is 0.616. The Labute approximate surface area is 127 Å². The molecule has 1 aromatic rings. The molecule has 1 saturated carbocycles. The molecule has 0 radical (unpaired) electrons. The van der Waals surface area contributed by atoms with Gasteiger partial charge in [-0.05, 0) is 25.3 Å². The van der Waals surface area contributed by atoms with Crippen LogP contribution in [-0.4, -0.2) is 30.5 Å². The molecule has 1 atom stereocenters. The van der Waals surface area contributed by atoms with Crippen LogP contribution in [0.1, 0.15) is 49.3 Å². The molecule has 0 N–H and O–H groups in total. The summed E-state index contributed by atoms with van der Waals surface area (Å²) >= 11 is 0. The average Bonchev–Trinajstić information content (AvgIpc) is 2.56. The maximum absolute atomic E-state index is 12.7. The maximum Gasteiger partial charge on any atom is 0.225 e. The standard InChI is InChI=1S/C18H25NO2/c1-14-7-9-15(10-8-14)17-13-19(11-12-21-17)18(20)16-5-3-2-4-6-16/h7-10,16-17H,2-6,11-13H2,1H3. The van der Waals surface area contributed by atoms with Crippen molar-refractivity contribution in [1.82, 2.24) is 4.90 Å². The van der Waals surface area contributed by atoms with Gasteiger partial charge in [0.1, 0.15) is 6.10 Å². The second kappa shape index (κ2) is 6.61. The molecule has 0 spiro atoms. The maximum atomic E-state index is 12.7. The Morgan fingerprint density at radius 3 is 2.57 bits per heavy atom. The van der Waals surface area contributed by atoms with E-state index >= 15 is 0 Å². The van der Waals surface area contributed by atoms with Crippen LogP contribution in [0.25, 0.3) is 0 Å². The molecule has 114 valence electrons. The van der Waals surface area contributed by atoms with Gasteiger partial charge in [-0.3, -0.25) is 4.79 Å². The van der Waals surface area contributed by atoms with Crippen molar-refractivity contribution in [2.45, 2.75) is 45.1 Å². The molecule has 3 rings (SSSR count). The van der Waals surface area contributed by atoms with Gasteiger partial charge in [0, 0.05) is 12.5 Å². The van der Waals surface area contributed by atoms with Crippen molar-refractivity contribution in [2.75, 3.05) is 19.7 Å². The molecule has 1 aliphatic carbocycles. The Morgan fingerprint density at radius 2 is 1.86 bits per heavy atom. The van der Waals surface area contributed by atoms with Crippen LogP contribution in [0.3, 0.4) is 0 Å². The number of morpholine rings is 1. The first-order valence-corrected chi connectivity index (χ1v) is 8.21. The predicted molar refractivity (Wildman–Crippen MR) is 83.0 cm³/mol. The van der Waals surface area contributed by atoms with Gasteiger partial charge in [0.2, 0.25) is 5.91 Å². The fraction of sp³-hybridized carbons (Fsp3) is 0.611. The highest BCUT2D eigenvalue weighted by Crippen LogP contribution is 2.28. The summed E-state index contributed by atoms with van der Waals surface area (Å²) in [6, 6.07) is 8.46. The van der Waals surface area contributed by atoms with Crippen molar-refractivity contribution in [3.63, 3.8) is 0 Å². The van der Waals surface area contributed by atoms with Crippen LogP contribution in [-0.2, 0) is 9.53 Å². The SMILES string of the molecule is Cc1ccc(C2CN(C(=O)C3CCCCC3)CCO2)cc1. The Bertz CT molecular complexity index is 476. The van der Waals surface area contributed by atoms with Crippen molar-refractivity contribution in [2.24, 2.45) is 5.92 Å². The second-order valence-electron chi connectivity index (χ2n) is 6.39. The summed E-state index contributed by atoms with van der Waals surface area (Å²) in [5, 5.41) is 0. The number of rotatable bonds is 2. The highest BCUT2D eigenvalue weighted by molar-refractivity contribution is 5.79. The molecular weight excluding hydrogens is 262 g/mol. The van der Waals surface area contributed by atoms with E-state index in [0.29, 0.717) is 19.1 Å². The minimum atomic E-state index is 0.0342. The lowest BCUT2D eigenvalue weighted by atomic mass is 9.88. The van der Waals surface area contributed by atoms with Gasteiger partial charge in [-0.15, -0.1) is 0 Å². The first kappa shape index (κ1) is 14.6. The smallest absolute Gasteiger partial charge is 0.225 e. The van der Waals surface area contributed by atoms with Crippen LogP contribution in [0.5, 0.6) is 0 Å². The molecule has 1 aromatic carbocycles. The largest absolute Gasteiger partial charge is 0.370 e. The highest BCUT2D eigenvalue weighted by Gasteiger charge is 2.30. The molecule has 1 saturated heterocycles. The molecule has 0 bridgehead atoms. The summed E-state index contributed by atoms with van der Waals surface area (Å²) in [6.45, 7) is 4.19. The van der Waals surface area contributed by atoms with Gasteiger partial charge in [-0.25, -0.2) is 0 Å². The van der Waals surface area contributed by atoms with Crippen LogP contribution >= 0.6 is 0 Å².